The van der Waals surface area contributed by atoms with E-state index in [-0.39, 0.29) is 17.9 Å². The van der Waals surface area contributed by atoms with Crippen molar-refractivity contribution < 1.29 is 27.5 Å². The van der Waals surface area contributed by atoms with Gasteiger partial charge in [-0.3, -0.25) is 4.79 Å². The zero-order valence-electron chi connectivity index (χ0n) is 14.0. The minimum absolute atomic E-state index is 0.108. The molecule has 6 nitrogen and oxygen atoms in total. The van der Waals surface area contributed by atoms with Gasteiger partial charge in [0.25, 0.3) is 0 Å². The molecule has 0 saturated carbocycles. The van der Waals surface area contributed by atoms with Gasteiger partial charge in [-0.15, -0.1) is 0 Å². The number of nitrogens with zero attached hydrogens (tertiary/aromatic N) is 2. The summed E-state index contributed by atoms with van der Waals surface area (Å²) in [4.78, 5) is 27.4. The summed E-state index contributed by atoms with van der Waals surface area (Å²) in [5.74, 6) is -2.73. The number of carbonyl (C=O) groups excluding carboxylic acids is 2. The summed E-state index contributed by atoms with van der Waals surface area (Å²) in [6.45, 7) is 4.74. The van der Waals surface area contributed by atoms with Crippen molar-refractivity contribution in [3.63, 3.8) is 0 Å². The first-order valence-electron chi connectivity index (χ1n) is 7.85. The van der Waals surface area contributed by atoms with Crippen LogP contribution in [-0.4, -0.2) is 62.8 Å². The summed E-state index contributed by atoms with van der Waals surface area (Å²) in [6, 6.07) is 4.10. The Bertz CT molecular complexity index is 641. The van der Waals surface area contributed by atoms with Gasteiger partial charge in [-0.25, -0.2) is 4.79 Å². The van der Waals surface area contributed by atoms with Crippen molar-refractivity contribution in [3.05, 3.63) is 23.8 Å². The second kappa shape index (κ2) is 7.73. The molecular weight excluding hydrogens is 339 g/mol. The highest BCUT2D eigenvalue weighted by atomic mass is 19.4. The third kappa shape index (κ3) is 4.85. The zero-order chi connectivity index (χ0) is 18.6. The molecule has 0 unspecified atom stereocenters. The summed E-state index contributed by atoms with van der Waals surface area (Å²) in [5.41, 5.74) is 0.603. The van der Waals surface area contributed by atoms with Crippen molar-refractivity contribution >= 4 is 23.3 Å². The Morgan fingerprint density at radius 1 is 1.20 bits per heavy atom. The van der Waals surface area contributed by atoms with E-state index in [0.29, 0.717) is 18.8 Å². The average molecular weight is 359 g/mol. The second-order valence-electron chi connectivity index (χ2n) is 5.69. The number of rotatable bonds is 4. The number of hydrogen-bond donors (Lipinski definition) is 1. The van der Waals surface area contributed by atoms with Crippen molar-refractivity contribution in [1.29, 1.82) is 0 Å². The number of piperazine rings is 1. The van der Waals surface area contributed by atoms with Crippen LogP contribution in [0.3, 0.4) is 0 Å². The SMILES string of the molecule is CCOC(=O)c1cc(NC(=O)C(F)(F)F)ccc1N1CCN(C)CC1. The largest absolute Gasteiger partial charge is 0.471 e. The molecule has 0 bridgehead atoms. The smallest absolute Gasteiger partial charge is 0.462 e. The molecule has 1 saturated heterocycles. The number of amides is 1. The molecule has 1 amide bonds. The summed E-state index contributed by atoms with van der Waals surface area (Å²) < 4.78 is 42.2. The van der Waals surface area contributed by atoms with Crippen molar-refractivity contribution in [2.24, 2.45) is 0 Å². The first-order valence-corrected chi connectivity index (χ1v) is 7.85. The lowest BCUT2D eigenvalue weighted by molar-refractivity contribution is -0.167. The maximum Gasteiger partial charge on any atom is 0.471 e. The van der Waals surface area contributed by atoms with Gasteiger partial charge in [0.2, 0.25) is 0 Å². The van der Waals surface area contributed by atoms with Crippen LogP contribution in [0.4, 0.5) is 24.5 Å². The predicted molar refractivity (Wildman–Crippen MR) is 86.8 cm³/mol. The Morgan fingerprint density at radius 2 is 1.84 bits per heavy atom. The number of ether oxygens (including phenoxy) is 1. The fourth-order valence-corrected chi connectivity index (χ4v) is 2.51. The fourth-order valence-electron chi connectivity index (χ4n) is 2.51. The van der Waals surface area contributed by atoms with Crippen molar-refractivity contribution in [3.8, 4) is 0 Å². The highest BCUT2D eigenvalue weighted by molar-refractivity contribution is 6.00. The third-order valence-electron chi connectivity index (χ3n) is 3.85. The lowest BCUT2D eigenvalue weighted by Crippen LogP contribution is -2.45. The minimum atomic E-state index is -5.00. The number of hydrogen-bond acceptors (Lipinski definition) is 5. The van der Waals surface area contributed by atoms with Gasteiger partial charge in [-0.05, 0) is 32.2 Å². The van der Waals surface area contributed by atoms with E-state index in [4.69, 9.17) is 4.74 Å². The van der Waals surface area contributed by atoms with Gasteiger partial charge in [0.05, 0.1) is 17.9 Å². The Balaban J connectivity index is 2.30. The molecule has 1 aromatic carbocycles. The van der Waals surface area contributed by atoms with Crippen molar-refractivity contribution in [2.75, 3.05) is 50.1 Å². The van der Waals surface area contributed by atoms with Gasteiger partial charge in [-0.2, -0.15) is 13.2 Å². The Labute approximate surface area is 143 Å². The highest BCUT2D eigenvalue weighted by Crippen LogP contribution is 2.27. The number of anilines is 2. The van der Waals surface area contributed by atoms with E-state index in [1.807, 2.05) is 11.9 Å². The molecule has 9 heteroatoms. The minimum Gasteiger partial charge on any atom is -0.462 e. The molecule has 0 radical (unpaired) electrons. The van der Waals surface area contributed by atoms with Crippen LogP contribution in [0.1, 0.15) is 17.3 Å². The van der Waals surface area contributed by atoms with Gasteiger partial charge < -0.3 is 19.9 Å². The Hall–Kier alpha value is -2.29. The lowest BCUT2D eigenvalue weighted by Gasteiger charge is -2.35. The summed E-state index contributed by atoms with van der Waals surface area (Å²) in [7, 11) is 1.99. The summed E-state index contributed by atoms with van der Waals surface area (Å²) in [6.07, 6.45) is -5.00. The van der Waals surface area contributed by atoms with Crippen LogP contribution in [0.5, 0.6) is 0 Å². The maximum atomic E-state index is 12.4. The molecular formula is C16H20F3N3O3. The molecule has 1 aliphatic rings. The number of halogens is 3. The molecule has 1 fully saturated rings. The van der Waals surface area contributed by atoms with E-state index in [9.17, 15) is 22.8 Å². The standard InChI is InChI=1S/C16H20F3N3O3/c1-3-25-14(23)12-10-11(20-15(24)16(17,18)19)4-5-13(12)22-8-6-21(2)7-9-22/h4-5,10H,3,6-9H2,1-2H3,(H,20,24). The first-order chi connectivity index (χ1) is 11.7. The normalized spacial score (nSPS) is 15.8. The molecule has 1 aromatic rings. The van der Waals surface area contributed by atoms with Crippen LogP contribution in [0.15, 0.2) is 18.2 Å². The van der Waals surface area contributed by atoms with Crippen LogP contribution in [0.2, 0.25) is 0 Å². The zero-order valence-corrected chi connectivity index (χ0v) is 14.0. The molecule has 0 aromatic heterocycles. The molecule has 1 heterocycles. The molecule has 2 rings (SSSR count). The van der Waals surface area contributed by atoms with Crippen LogP contribution in [-0.2, 0) is 9.53 Å². The third-order valence-corrected chi connectivity index (χ3v) is 3.85. The van der Waals surface area contributed by atoms with E-state index >= 15 is 0 Å². The molecule has 138 valence electrons. The predicted octanol–water partition coefficient (Wildman–Crippen LogP) is 2.12. The van der Waals surface area contributed by atoms with Crippen LogP contribution < -0.4 is 10.2 Å². The van der Waals surface area contributed by atoms with Gasteiger partial charge >= 0.3 is 18.1 Å². The van der Waals surface area contributed by atoms with Gasteiger partial charge in [0.15, 0.2) is 0 Å². The number of likely N-dealkylation sites (N-methyl/N-ethyl adjacent to an activating group) is 1. The molecule has 0 aliphatic carbocycles. The molecule has 25 heavy (non-hydrogen) atoms. The van der Waals surface area contributed by atoms with Crippen LogP contribution >= 0.6 is 0 Å². The molecule has 0 atom stereocenters. The molecule has 0 spiro atoms. The monoisotopic (exact) mass is 359 g/mol. The number of carbonyl (C=O) groups is 2. The summed E-state index contributed by atoms with van der Waals surface area (Å²) in [5, 5.41) is 1.76. The van der Waals surface area contributed by atoms with E-state index < -0.39 is 18.1 Å². The van der Waals surface area contributed by atoms with Crippen molar-refractivity contribution in [1.82, 2.24) is 4.90 Å². The highest BCUT2D eigenvalue weighted by Gasteiger charge is 2.38. The second-order valence-corrected chi connectivity index (χ2v) is 5.69. The van der Waals surface area contributed by atoms with Crippen LogP contribution in [0, 0.1) is 0 Å². The fraction of sp³-hybridized carbons (Fsp3) is 0.500. The Kier molecular flexibility index (Phi) is 5.89. The van der Waals surface area contributed by atoms with E-state index in [0.717, 1.165) is 13.1 Å². The Morgan fingerprint density at radius 3 is 2.40 bits per heavy atom. The quantitative estimate of drug-likeness (QED) is 0.835. The lowest BCUT2D eigenvalue weighted by atomic mass is 10.1. The number of benzene rings is 1. The number of alkyl halides is 3. The van der Waals surface area contributed by atoms with Gasteiger partial charge in [0.1, 0.15) is 0 Å². The molecule has 1 aliphatic heterocycles. The molecule has 1 N–H and O–H groups in total. The van der Waals surface area contributed by atoms with Crippen LogP contribution in [0.25, 0.3) is 0 Å². The van der Waals surface area contributed by atoms with Gasteiger partial charge in [-0.1, -0.05) is 0 Å². The average Bonchev–Trinajstić information content (AvgIpc) is 2.55. The summed E-state index contributed by atoms with van der Waals surface area (Å²) >= 11 is 0. The van der Waals surface area contributed by atoms with E-state index in [2.05, 4.69) is 4.90 Å². The van der Waals surface area contributed by atoms with Gasteiger partial charge in [0, 0.05) is 31.9 Å². The first kappa shape index (κ1) is 19.0. The van der Waals surface area contributed by atoms with E-state index in [1.54, 1.807) is 12.2 Å². The van der Waals surface area contributed by atoms with E-state index in [1.165, 1.54) is 18.2 Å². The maximum absolute atomic E-state index is 12.4. The number of nitrogens with one attached hydrogen (secondary N) is 1. The number of esters is 1. The van der Waals surface area contributed by atoms with Crippen molar-refractivity contribution in [2.45, 2.75) is 13.1 Å². The topological polar surface area (TPSA) is 61.9 Å².